The summed E-state index contributed by atoms with van der Waals surface area (Å²) in [6, 6.07) is 2.49. The van der Waals surface area contributed by atoms with Gasteiger partial charge in [0.2, 0.25) is 5.91 Å². The monoisotopic (exact) mass is 210 g/mol. The van der Waals surface area contributed by atoms with Crippen LogP contribution in [0.2, 0.25) is 0 Å². The van der Waals surface area contributed by atoms with E-state index in [1.807, 2.05) is 6.07 Å². The molecule has 0 radical (unpaired) electrons. The Balaban J connectivity index is 2.19. The molecule has 0 bridgehead atoms. The first-order valence-corrected chi connectivity index (χ1v) is 5.36. The first kappa shape index (κ1) is 12.0. The number of carbonyl (C=O) groups excluding carboxylic acids is 1. The van der Waals surface area contributed by atoms with Crippen molar-refractivity contribution >= 4 is 5.91 Å². The normalized spacial score (nSPS) is 15.8. The van der Waals surface area contributed by atoms with Crippen molar-refractivity contribution in [1.82, 2.24) is 15.5 Å². The number of hydrogen-bond acceptors (Lipinski definition) is 4. The van der Waals surface area contributed by atoms with Gasteiger partial charge in [0.25, 0.3) is 0 Å². The smallest absolute Gasteiger partial charge is 0.234 e. The molecule has 1 saturated heterocycles. The van der Waals surface area contributed by atoms with E-state index in [1.165, 1.54) is 0 Å². The minimum Gasteiger partial charge on any atom is -0.354 e. The fourth-order valence-electron chi connectivity index (χ4n) is 1.53. The second-order valence-corrected chi connectivity index (χ2v) is 3.63. The van der Waals surface area contributed by atoms with E-state index in [0.29, 0.717) is 25.6 Å². The van der Waals surface area contributed by atoms with E-state index in [4.69, 9.17) is 5.26 Å². The quantitative estimate of drug-likeness (QED) is 0.569. The van der Waals surface area contributed by atoms with Crippen LogP contribution in [0.5, 0.6) is 0 Å². The molecule has 0 aliphatic carbocycles. The standard InChI is InChI=1S/C10H18N4O/c1-2-14(9-6-12-7-9)8-10(15)13-5-3-4-11/h9,12H,2-3,5-8H2,1H3,(H,13,15). The van der Waals surface area contributed by atoms with Gasteiger partial charge < -0.3 is 10.6 Å². The summed E-state index contributed by atoms with van der Waals surface area (Å²) in [6.45, 7) is 5.78. The van der Waals surface area contributed by atoms with E-state index < -0.39 is 0 Å². The molecule has 0 aromatic heterocycles. The Morgan fingerprint density at radius 2 is 2.40 bits per heavy atom. The average molecular weight is 210 g/mol. The lowest BCUT2D eigenvalue weighted by molar-refractivity contribution is -0.122. The van der Waals surface area contributed by atoms with Gasteiger partial charge in [-0.2, -0.15) is 5.26 Å². The molecule has 0 unspecified atom stereocenters. The highest BCUT2D eigenvalue weighted by Crippen LogP contribution is 2.03. The van der Waals surface area contributed by atoms with Crippen LogP contribution in [0.4, 0.5) is 0 Å². The van der Waals surface area contributed by atoms with Crippen LogP contribution in [0, 0.1) is 11.3 Å². The van der Waals surface area contributed by atoms with Crippen LogP contribution in [-0.2, 0) is 4.79 Å². The van der Waals surface area contributed by atoms with Crippen molar-refractivity contribution in [3.05, 3.63) is 0 Å². The number of nitrogens with one attached hydrogen (secondary N) is 2. The zero-order chi connectivity index (χ0) is 11.1. The van der Waals surface area contributed by atoms with E-state index >= 15 is 0 Å². The Morgan fingerprint density at radius 1 is 1.67 bits per heavy atom. The van der Waals surface area contributed by atoms with Crippen molar-refractivity contribution in [2.24, 2.45) is 0 Å². The molecule has 0 atom stereocenters. The number of hydrogen-bond donors (Lipinski definition) is 2. The van der Waals surface area contributed by atoms with Gasteiger partial charge in [-0.05, 0) is 6.54 Å². The maximum atomic E-state index is 11.4. The van der Waals surface area contributed by atoms with Crippen molar-refractivity contribution < 1.29 is 4.79 Å². The lowest BCUT2D eigenvalue weighted by atomic mass is 10.1. The molecular formula is C10H18N4O. The van der Waals surface area contributed by atoms with Gasteiger partial charge >= 0.3 is 0 Å². The van der Waals surface area contributed by atoms with Gasteiger partial charge in [-0.15, -0.1) is 0 Å². The molecule has 1 fully saturated rings. The number of likely N-dealkylation sites (N-methyl/N-ethyl adjacent to an activating group) is 1. The molecule has 84 valence electrons. The van der Waals surface area contributed by atoms with Gasteiger partial charge in [0.15, 0.2) is 0 Å². The second-order valence-electron chi connectivity index (χ2n) is 3.63. The Bertz CT molecular complexity index is 244. The third kappa shape index (κ3) is 3.86. The van der Waals surface area contributed by atoms with Crippen LogP contribution in [0.25, 0.3) is 0 Å². The zero-order valence-corrected chi connectivity index (χ0v) is 9.12. The highest BCUT2D eigenvalue weighted by molar-refractivity contribution is 5.78. The lowest BCUT2D eigenvalue weighted by Gasteiger charge is -2.37. The van der Waals surface area contributed by atoms with Gasteiger partial charge in [-0.3, -0.25) is 9.69 Å². The number of carbonyl (C=O) groups is 1. The fraction of sp³-hybridized carbons (Fsp3) is 0.800. The lowest BCUT2D eigenvalue weighted by Crippen LogP contribution is -2.58. The van der Waals surface area contributed by atoms with Crippen LogP contribution in [0.15, 0.2) is 0 Å². The molecule has 1 amide bonds. The van der Waals surface area contributed by atoms with Crippen molar-refractivity contribution in [2.75, 3.05) is 32.7 Å². The van der Waals surface area contributed by atoms with Crippen LogP contribution in [0.3, 0.4) is 0 Å². The summed E-state index contributed by atoms with van der Waals surface area (Å²) in [5.41, 5.74) is 0. The van der Waals surface area contributed by atoms with E-state index in [2.05, 4.69) is 22.5 Å². The Labute approximate surface area is 90.4 Å². The first-order chi connectivity index (χ1) is 7.27. The minimum atomic E-state index is 0.0130. The molecule has 5 heteroatoms. The molecule has 0 spiro atoms. The molecule has 1 heterocycles. The zero-order valence-electron chi connectivity index (χ0n) is 9.12. The van der Waals surface area contributed by atoms with E-state index in [1.54, 1.807) is 0 Å². The van der Waals surface area contributed by atoms with E-state index in [-0.39, 0.29) is 5.91 Å². The van der Waals surface area contributed by atoms with Crippen LogP contribution < -0.4 is 10.6 Å². The summed E-state index contributed by atoms with van der Waals surface area (Å²) in [5.74, 6) is 0.0130. The fourth-order valence-corrected chi connectivity index (χ4v) is 1.53. The largest absolute Gasteiger partial charge is 0.354 e. The molecule has 5 nitrogen and oxygen atoms in total. The summed E-state index contributed by atoms with van der Waals surface area (Å²) in [4.78, 5) is 13.6. The SMILES string of the molecule is CCN(CC(=O)NCCC#N)C1CNC1. The summed E-state index contributed by atoms with van der Waals surface area (Å²) >= 11 is 0. The highest BCUT2D eigenvalue weighted by Gasteiger charge is 2.24. The predicted octanol–water partition coefficient (Wildman–Crippen LogP) is -0.690. The maximum Gasteiger partial charge on any atom is 0.234 e. The molecule has 1 rings (SSSR count). The maximum absolute atomic E-state index is 11.4. The number of amides is 1. The van der Waals surface area contributed by atoms with E-state index in [0.717, 1.165) is 19.6 Å². The van der Waals surface area contributed by atoms with Crippen LogP contribution >= 0.6 is 0 Å². The van der Waals surface area contributed by atoms with Gasteiger partial charge in [-0.1, -0.05) is 6.92 Å². The molecule has 1 aliphatic heterocycles. The number of nitrogens with zero attached hydrogens (tertiary/aromatic N) is 2. The topological polar surface area (TPSA) is 68.2 Å². The summed E-state index contributed by atoms with van der Waals surface area (Å²) in [7, 11) is 0. The summed E-state index contributed by atoms with van der Waals surface area (Å²) in [5, 5.41) is 14.2. The van der Waals surface area contributed by atoms with Gasteiger partial charge in [0.1, 0.15) is 0 Å². The molecular weight excluding hydrogens is 192 g/mol. The minimum absolute atomic E-state index is 0.0130. The van der Waals surface area contributed by atoms with Crippen LogP contribution in [-0.4, -0.2) is 49.6 Å². The van der Waals surface area contributed by atoms with Gasteiger partial charge in [-0.25, -0.2) is 0 Å². The van der Waals surface area contributed by atoms with Crippen molar-refractivity contribution in [3.63, 3.8) is 0 Å². The molecule has 2 N–H and O–H groups in total. The highest BCUT2D eigenvalue weighted by atomic mass is 16.2. The molecule has 0 aromatic rings. The van der Waals surface area contributed by atoms with Crippen molar-refractivity contribution in [1.29, 1.82) is 5.26 Å². The van der Waals surface area contributed by atoms with Crippen molar-refractivity contribution in [2.45, 2.75) is 19.4 Å². The Kier molecular flexibility index (Phi) is 5.08. The summed E-state index contributed by atoms with van der Waals surface area (Å²) in [6.07, 6.45) is 0.378. The third-order valence-corrected chi connectivity index (χ3v) is 2.59. The average Bonchev–Trinajstić information content (AvgIpc) is 2.14. The van der Waals surface area contributed by atoms with E-state index in [9.17, 15) is 4.79 Å². The van der Waals surface area contributed by atoms with Crippen molar-refractivity contribution in [3.8, 4) is 6.07 Å². The van der Waals surface area contributed by atoms with Gasteiger partial charge in [0, 0.05) is 25.7 Å². The number of nitriles is 1. The number of rotatable bonds is 6. The molecule has 0 aromatic carbocycles. The molecule has 0 saturated carbocycles. The third-order valence-electron chi connectivity index (χ3n) is 2.59. The Morgan fingerprint density at radius 3 is 2.87 bits per heavy atom. The van der Waals surface area contributed by atoms with Gasteiger partial charge in [0.05, 0.1) is 19.0 Å². The molecule has 1 aliphatic rings. The first-order valence-electron chi connectivity index (χ1n) is 5.36. The second kappa shape index (κ2) is 6.38. The Hall–Kier alpha value is -1.12. The molecule has 15 heavy (non-hydrogen) atoms. The predicted molar refractivity (Wildman–Crippen MR) is 57.1 cm³/mol. The summed E-state index contributed by atoms with van der Waals surface area (Å²) < 4.78 is 0. The van der Waals surface area contributed by atoms with Crippen LogP contribution in [0.1, 0.15) is 13.3 Å².